The van der Waals surface area contributed by atoms with Crippen LogP contribution in [0.3, 0.4) is 0 Å². The predicted molar refractivity (Wildman–Crippen MR) is 77.0 cm³/mol. The number of anilines is 1. The highest BCUT2D eigenvalue weighted by atomic mass is 32.1. The van der Waals surface area contributed by atoms with Crippen LogP contribution in [0.2, 0.25) is 0 Å². The molecule has 0 bridgehead atoms. The first-order valence-electron chi connectivity index (χ1n) is 6.60. The van der Waals surface area contributed by atoms with E-state index >= 15 is 0 Å². The highest BCUT2D eigenvalue weighted by Crippen LogP contribution is 2.33. The van der Waals surface area contributed by atoms with Gasteiger partial charge < -0.3 is 9.47 Å². The van der Waals surface area contributed by atoms with Gasteiger partial charge in [0.05, 0.1) is 5.69 Å². The van der Waals surface area contributed by atoms with E-state index < -0.39 is 11.7 Å². The molecule has 1 amide bonds. The van der Waals surface area contributed by atoms with E-state index in [4.69, 9.17) is 9.47 Å². The number of rotatable bonds is 2. The molecule has 1 aromatic heterocycles. The maximum absolute atomic E-state index is 11.7. The monoisotopic (exact) mass is 283 g/mol. The van der Waals surface area contributed by atoms with E-state index in [2.05, 4.69) is 5.32 Å². The Morgan fingerprint density at radius 1 is 1.42 bits per heavy atom. The molecule has 1 aromatic rings. The van der Waals surface area contributed by atoms with Gasteiger partial charge in [-0.15, -0.1) is 11.3 Å². The van der Waals surface area contributed by atoms with Crippen LogP contribution >= 0.6 is 11.3 Å². The average Bonchev–Trinajstić information content (AvgIpc) is 2.76. The summed E-state index contributed by atoms with van der Waals surface area (Å²) in [6.45, 7) is 7.23. The molecule has 2 heterocycles. The Morgan fingerprint density at radius 3 is 2.74 bits per heavy atom. The largest absolute Gasteiger partial charge is 0.444 e. The molecule has 0 atom stereocenters. The Kier molecular flexibility index (Phi) is 4.47. The molecule has 1 N–H and O–H groups in total. The third-order valence-electron chi connectivity index (χ3n) is 2.89. The first-order valence-corrected chi connectivity index (χ1v) is 7.48. The second-order valence-corrected chi connectivity index (χ2v) is 6.69. The van der Waals surface area contributed by atoms with Crippen LogP contribution in [0.25, 0.3) is 0 Å². The van der Waals surface area contributed by atoms with Crippen molar-refractivity contribution in [1.82, 2.24) is 0 Å². The molecule has 0 aliphatic carbocycles. The van der Waals surface area contributed by atoms with Crippen molar-refractivity contribution >= 4 is 23.1 Å². The smallest absolute Gasteiger partial charge is 0.412 e. The lowest BCUT2D eigenvalue weighted by atomic mass is 9.99. The van der Waals surface area contributed by atoms with Gasteiger partial charge in [-0.1, -0.05) is 0 Å². The SMILES string of the molecule is CC(C)(C)OC(=O)Nc1csc(C2CCOCC2)c1. The van der Waals surface area contributed by atoms with Gasteiger partial charge in [0.1, 0.15) is 5.60 Å². The lowest BCUT2D eigenvalue weighted by Gasteiger charge is -2.20. The van der Waals surface area contributed by atoms with Gasteiger partial charge in [0.25, 0.3) is 0 Å². The van der Waals surface area contributed by atoms with Gasteiger partial charge in [-0.3, -0.25) is 5.32 Å². The molecule has 0 spiro atoms. The maximum atomic E-state index is 11.7. The molecule has 1 fully saturated rings. The zero-order valence-electron chi connectivity index (χ0n) is 11.7. The molecule has 0 unspecified atom stereocenters. The molecule has 4 nitrogen and oxygen atoms in total. The molecule has 19 heavy (non-hydrogen) atoms. The van der Waals surface area contributed by atoms with E-state index in [0.717, 1.165) is 31.7 Å². The number of thiophene rings is 1. The number of carbonyl (C=O) groups is 1. The molecule has 0 radical (unpaired) electrons. The molecule has 1 aliphatic heterocycles. The Morgan fingerprint density at radius 2 is 2.11 bits per heavy atom. The lowest BCUT2D eigenvalue weighted by Crippen LogP contribution is -2.27. The van der Waals surface area contributed by atoms with Gasteiger partial charge in [0.2, 0.25) is 0 Å². The Hall–Kier alpha value is -1.07. The highest BCUT2D eigenvalue weighted by molar-refractivity contribution is 7.10. The standard InChI is InChI=1S/C14H21NO3S/c1-14(2,3)18-13(16)15-11-8-12(19-9-11)10-4-6-17-7-5-10/h8-10H,4-7H2,1-3H3,(H,15,16). The van der Waals surface area contributed by atoms with Gasteiger partial charge in [-0.25, -0.2) is 4.79 Å². The second kappa shape index (κ2) is 5.92. The number of amides is 1. The van der Waals surface area contributed by atoms with Crippen LogP contribution in [0, 0.1) is 0 Å². The summed E-state index contributed by atoms with van der Waals surface area (Å²) >= 11 is 1.69. The minimum Gasteiger partial charge on any atom is -0.444 e. The summed E-state index contributed by atoms with van der Waals surface area (Å²) in [5, 5.41) is 4.74. The van der Waals surface area contributed by atoms with Crippen molar-refractivity contribution in [3.63, 3.8) is 0 Å². The fraction of sp³-hybridized carbons (Fsp3) is 0.643. The summed E-state index contributed by atoms with van der Waals surface area (Å²) in [6.07, 6.45) is 1.72. The minimum atomic E-state index is -0.469. The van der Waals surface area contributed by atoms with E-state index in [0.29, 0.717) is 5.92 Å². The fourth-order valence-electron chi connectivity index (χ4n) is 2.04. The zero-order valence-corrected chi connectivity index (χ0v) is 12.5. The third kappa shape index (κ3) is 4.51. The van der Waals surface area contributed by atoms with Crippen LogP contribution in [0.1, 0.15) is 44.4 Å². The van der Waals surface area contributed by atoms with Crippen molar-refractivity contribution in [3.05, 3.63) is 16.3 Å². The van der Waals surface area contributed by atoms with Crippen molar-refractivity contribution in [1.29, 1.82) is 0 Å². The van der Waals surface area contributed by atoms with Crippen molar-refractivity contribution < 1.29 is 14.3 Å². The number of hydrogen-bond acceptors (Lipinski definition) is 4. The van der Waals surface area contributed by atoms with Gasteiger partial charge >= 0.3 is 6.09 Å². The number of nitrogens with one attached hydrogen (secondary N) is 1. The van der Waals surface area contributed by atoms with E-state index in [9.17, 15) is 4.79 Å². The zero-order chi connectivity index (χ0) is 13.9. The molecular weight excluding hydrogens is 262 g/mol. The summed E-state index contributed by atoms with van der Waals surface area (Å²) in [5.74, 6) is 0.563. The molecule has 0 saturated carbocycles. The van der Waals surface area contributed by atoms with E-state index in [1.54, 1.807) is 11.3 Å². The van der Waals surface area contributed by atoms with E-state index in [-0.39, 0.29) is 0 Å². The molecule has 5 heteroatoms. The summed E-state index contributed by atoms with van der Waals surface area (Å²) < 4.78 is 10.6. The summed E-state index contributed by atoms with van der Waals surface area (Å²) in [6, 6.07) is 2.05. The van der Waals surface area contributed by atoms with Crippen LogP contribution < -0.4 is 5.32 Å². The number of carbonyl (C=O) groups excluding carboxylic acids is 1. The minimum absolute atomic E-state index is 0.399. The second-order valence-electron chi connectivity index (χ2n) is 5.75. The van der Waals surface area contributed by atoms with Crippen molar-refractivity contribution in [2.24, 2.45) is 0 Å². The fourth-order valence-corrected chi connectivity index (χ4v) is 3.05. The normalized spacial score (nSPS) is 17.2. The van der Waals surface area contributed by atoms with Crippen molar-refractivity contribution in [3.8, 4) is 0 Å². The van der Waals surface area contributed by atoms with Crippen LogP contribution in [0.4, 0.5) is 10.5 Å². The topological polar surface area (TPSA) is 47.6 Å². The van der Waals surface area contributed by atoms with E-state index in [1.807, 2.05) is 32.2 Å². The van der Waals surface area contributed by atoms with Gasteiger partial charge in [0.15, 0.2) is 0 Å². The summed E-state index contributed by atoms with van der Waals surface area (Å²) in [5.41, 5.74) is 0.352. The van der Waals surface area contributed by atoms with Crippen molar-refractivity contribution in [2.75, 3.05) is 18.5 Å². The van der Waals surface area contributed by atoms with Gasteiger partial charge in [0, 0.05) is 23.5 Å². The van der Waals surface area contributed by atoms with Crippen LogP contribution in [0.5, 0.6) is 0 Å². The molecule has 1 aliphatic rings. The molecule has 106 valence electrons. The Bertz CT molecular complexity index is 430. The average molecular weight is 283 g/mol. The van der Waals surface area contributed by atoms with Gasteiger partial charge in [-0.2, -0.15) is 0 Å². The van der Waals surface area contributed by atoms with Crippen LogP contribution in [-0.4, -0.2) is 24.9 Å². The predicted octanol–water partition coefficient (Wildman–Crippen LogP) is 3.99. The van der Waals surface area contributed by atoms with Gasteiger partial charge in [-0.05, 0) is 45.6 Å². The van der Waals surface area contributed by atoms with Crippen LogP contribution in [-0.2, 0) is 9.47 Å². The molecule has 1 saturated heterocycles. The van der Waals surface area contributed by atoms with E-state index in [1.165, 1.54) is 4.88 Å². The van der Waals surface area contributed by atoms with Crippen molar-refractivity contribution in [2.45, 2.75) is 45.1 Å². The first-order chi connectivity index (χ1) is 8.94. The maximum Gasteiger partial charge on any atom is 0.412 e. The number of ether oxygens (including phenoxy) is 2. The lowest BCUT2D eigenvalue weighted by molar-refractivity contribution is 0.0636. The summed E-state index contributed by atoms with van der Waals surface area (Å²) in [4.78, 5) is 13.0. The summed E-state index contributed by atoms with van der Waals surface area (Å²) in [7, 11) is 0. The molecule has 0 aromatic carbocycles. The molecular formula is C14H21NO3S. The quantitative estimate of drug-likeness (QED) is 0.892. The Balaban J connectivity index is 1.91. The highest BCUT2D eigenvalue weighted by Gasteiger charge is 2.19. The third-order valence-corrected chi connectivity index (χ3v) is 3.98. The van der Waals surface area contributed by atoms with Crippen LogP contribution in [0.15, 0.2) is 11.4 Å². The first kappa shape index (κ1) is 14.3. The molecule has 2 rings (SSSR count). The Labute approximate surface area is 118 Å². The number of hydrogen-bond donors (Lipinski definition) is 1.